The highest BCUT2D eigenvalue weighted by molar-refractivity contribution is 5.99. The first kappa shape index (κ1) is 17.1. The number of rotatable bonds is 4. The number of aryl methyl sites for hydroxylation is 1. The number of carbonyl (C=O) groups is 1. The van der Waals surface area contributed by atoms with Crippen molar-refractivity contribution < 1.29 is 4.79 Å². The van der Waals surface area contributed by atoms with E-state index < -0.39 is 5.54 Å². The molecule has 0 aromatic heterocycles. The fraction of sp³-hybridized carbons (Fsp3) is 0.211. The Morgan fingerprint density at radius 2 is 1.54 bits per heavy atom. The van der Waals surface area contributed by atoms with E-state index in [1.54, 1.807) is 19.9 Å². The molecular weight excluding hydrogens is 300 g/mol. The summed E-state index contributed by atoms with van der Waals surface area (Å²) in [5, 5.41) is 24.0. The zero-order chi connectivity index (χ0) is 17.7. The van der Waals surface area contributed by atoms with Crippen LogP contribution in [0.1, 0.15) is 30.5 Å². The fourth-order valence-corrected chi connectivity index (χ4v) is 2.15. The molecular formula is C19H18N4O. The van der Waals surface area contributed by atoms with E-state index in [1.807, 2.05) is 43.3 Å². The average Bonchev–Trinajstić information content (AvgIpc) is 2.56. The molecule has 5 heteroatoms. The summed E-state index contributed by atoms with van der Waals surface area (Å²) in [6.07, 6.45) is 0. The van der Waals surface area contributed by atoms with Crippen molar-refractivity contribution in [3.63, 3.8) is 0 Å². The molecule has 0 heterocycles. The normalized spacial score (nSPS) is 10.4. The minimum atomic E-state index is -0.851. The van der Waals surface area contributed by atoms with Gasteiger partial charge in [0.05, 0.1) is 11.1 Å². The molecule has 0 saturated heterocycles. The molecule has 0 aliphatic rings. The van der Waals surface area contributed by atoms with Gasteiger partial charge >= 0.3 is 0 Å². The lowest BCUT2D eigenvalue weighted by molar-refractivity contribution is -0.119. The average molecular weight is 318 g/mol. The van der Waals surface area contributed by atoms with Gasteiger partial charge in [-0.3, -0.25) is 4.79 Å². The first-order valence-corrected chi connectivity index (χ1v) is 7.46. The Morgan fingerprint density at radius 1 is 0.958 bits per heavy atom. The zero-order valence-corrected chi connectivity index (χ0v) is 13.8. The molecule has 0 unspecified atom stereocenters. The summed E-state index contributed by atoms with van der Waals surface area (Å²) < 4.78 is 0. The molecule has 2 N–H and O–H groups in total. The molecule has 0 fully saturated rings. The maximum atomic E-state index is 12.5. The van der Waals surface area contributed by atoms with Gasteiger partial charge in [-0.15, -0.1) is 0 Å². The van der Waals surface area contributed by atoms with E-state index >= 15 is 0 Å². The second-order valence-corrected chi connectivity index (χ2v) is 6.05. The topological polar surface area (TPSA) is 88.7 Å². The summed E-state index contributed by atoms with van der Waals surface area (Å²) in [7, 11) is 0. The van der Waals surface area contributed by atoms with E-state index in [4.69, 9.17) is 10.5 Å². The Balaban J connectivity index is 2.14. The van der Waals surface area contributed by atoms with Crippen LogP contribution in [0.2, 0.25) is 0 Å². The van der Waals surface area contributed by atoms with Crippen molar-refractivity contribution >= 4 is 17.3 Å². The van der Waals surface area contributed by atoms with Gasteiger partial charge in [0.25, 0.3) is 0 Å². The van der Waals surface area contributed by atoms with E-state index in [1.165, 1.54) is 12.1 Å². The number of nitrogens with zero attached hydrogens (tertiary/aromatic N) is 2. The smallest absolute Gasteiger partial charge is 0.249 e. The third-order valence-electron chi connectivity index (χ3n) is 3.59. The Kier molecular flexibility index (Phi) is 4.87. The molecule has 0 atom stereocenters. The first-order chi connectivity index (χ1) is 11.4. The number of amides is 1. The van der Waals surface area contributed by atoms with Crippen molar-refractivity contribution in [3.8, 4) is 12.1 Å². The Bertz CT molecular complexity index is 839. The van der Waals surface area contributed by atoms with Crippen LogP contribution in [0.3, 0.4) is 0 Å². The highest BCUT2D eigenvalue weighted by Gasteiger charge is 2.27. The molecule has 1 amide bonds. The Hall–Kier alpha value is -3.31. The number of benzene rings is 2. The summed E-state index contributed by atoms with van der Waals surface area (Å²) in [4.78, 5) is 12.5. The predicted molar refractivity (Wildman–Crippen MR) is 93.4 cm³/mol. The van der Waals surface area contributed by atoms with E-state index in [-0.39, 0.29) is 17.0 Å². The fourth-order valence-electron chi connectivity index (χ4n) is 2.15. The lowest BCUT2D eigenvalue weighted by atomic mass is 10.0. The molecule has 2 aromatic rings. The van der Waals surface area contributed by atoms with Gasteiger partial charge in [-0.25, -0.2) is 0 Å². The highest BCUT2D eigenvalue weighted by atomic mass is 16.2. The highest BCUT2D eigenvalue weighted by Crippen LogP contribution is 2.20. The van der Waals surface area contributed by atoms with E-state index in [9.17, 15) is 4.79 Å². The van der Waals surface area contributed by atoms with Gasteiger partial charge in [0.1, 0.15) is 17.7 Å². The molecule has 0 aliphatic heterocycles. The second kappa shape index (κ2) is 6.85. The molecule has 0 saturated carbocycles. The number of anilines is 2. The SMILES string of the molecule is Cc1ccc(NC(C)(C)C(=O)Nc2ccc(C#N)c(C#N)c2)cc1. The monoisotopic (exact) mass is 318 g/mol. The number of hydrogen-bond acceptors (Lipinski definition) is 4. The molecule has 0 bridgehead atoms. The molecule has 0 aliphatic carbocycles. The van der Waals surface area contributed by atoms with Crippen molar-refractivity contribution in [2.24, 2.45) is 0 Å². The third-order valence-corrected chi connectivity index (χ3v) is 3.59. The van der Waals surface area contributed by atoms with Crippen molar-refractivity contribution in [2.45, 2.75) is 26.3 Å². The minimum absolute atomic E-state index is 0.236. The maximum absolute atomic E-state index is 12.5. The molecule has 24 heavy (non-hydrogen) atoms. The van der Waals surface area contributed by atoms with Gasteiger partial charge < -0.3 is 10.6 Å². The first-order valence-electron chi connectivity index (χ1n) is 7.46. The number of nitrogens with one attached hydrogen (secondary N) is 2. The van der Waals surface area contributed by atoms with Crippen molar-refractivity contribution in [1.29, 1.82) is 10.5 Å². The summed E-state index contributed by atoms with van der Waals surface area (Å²) in [5.41, 5.74) is 2.14. The molecule has 0 spiro atoms. The van der Waals surface area contributed by atoms with Crippen LogP contribution in [0.25, 0.3) is 0 Å². The molecule has 2 aromatic carbocycles. The van der Waals surface area contributed by atoms with Gasteiger partial charge in [0.2, 0.25) is 5.91 Å². The van der Waals surface area contributed by atoms with Gasteiger partial charge in [-0.1, -0.05) is 17.7 Å². The van der Waals surface area contributed by atoms with Gasteiger partial charge in [-0.05, 0) is 51.1 Å². The second-order valence-electron chi connectivity index (χ2n) is 6.05. The zero-order valence-electron chi connectivity index (χ0n) is 13.8. The van der Waals surface area contributed by atoms with Crippen LogP contribution < -0.4 is 10.6 Å². The molecule has 5 nitrogen and oxygen atoms in total. The lowest BCUT2D eigenvalue weighted by Gasteiger charge is -2.26. The predicted octanol–water partition coefficient (Wildman–Crippen LogP) is 3.57. The van der Waals surface area contributed by atoms with Gasteiger partial charge in [0.15, 0.2) is 0 Å². The maximum Gasteiger partial charge on any atom is 0.249 e. The van der Waals surface area contributed by atoms with Crippen LogP contribution in [0.15, 0.2) is 42.5 Å². The van der Waals surface area contributed by atoms with Crippen LogP contribution in [0, 0.1) is 29.6 Å². The summed E-state index contributed by atoms with van der Waals surface area (Å²) in [6.45, 7) is 5.55. The number of nitriles is 2. The summed E-state index contributed by atoms with van der Waals surface area (Å²) in [5.74, 6) is -0.239. The van der Waals surface area contributed by atoms with Crippen LogP contribution in [-0.2, 0) is 4.79 Å². The lowest BCUT2D eigenvalue weighted by Crippen LogP contribution is -2.44. The van der Waals surface area contributed by atoms with Crippen LogP contribution in [0.5, 0.6) is 0 Å². The summed E-state index contributed by atoms with van der Waals surface area (Å²) >= 11 is 0. The molecule has 120 valence electrons. The Morgan fingerprint density at radius 3 is 2.12 bits per heavy atom. The van der Waals surface area contributed by atoms with Crippen molar-refractivity contribution in [1.82, 2.24) is 0 Å². The van der Waals surface area contributed by atoms with Crippen molar-refractivity contribution in [2.75, 3.05) is 10.6 Å². The number of carbonyl (C=O) groups excluding carboxylic acids is 1. The van der Waals surface area contributed by atoms with Crippen molar-refractivity contribution in [3.05, 3.63) is 59.2 Å². The standard InChI is InChI=1S/C19H18N4O/c1-13-4-7-16(8-5-13)23-19(2,3)18(24)22-17-9-6-14(11-20)15(10-17)12-21/h4-10,23H,1-3H3,(H,22,24). The molecule has 2 rings (SSSR count). The largest absolute Gasteiger partial charge is 0.372 e. The van der Waals surface area contributed by atoms with E-state index in [0.29, 0.717) is 5.69 Å². The summed E-state index contributed by atoms with van der Waals surface area (Å²) in [6, 6.07) is 16.3. The Labute approximate surface area is 141 Å². The van der Waals surface area contributed by atoms with E-state index in [0.717, 1.165) is 11.3 Å². The van der Waals surface area contributed by atoms with Crippen LogP contribution in [0.4, 0.5) is 11.4 Å². The van der Waals surface area contributed by atoms with Gasteiger partial charge in [0, 0.05) is 11.4 Å². The van der Waals surface area contributed by atoms with Gasteiger partial charge in [-0.2, -0.15) is 10.5 Å². The minimum Gasteiger partial charge on any atom is -0.372 e. The van der Waals surface area contributed by atoms with Crippen LogP contribution in [-0.4, -0.2) is 11.4 Å². The van der Waals surface area contributed by atoms with E-state index in [2.05, 4.69) is 10.6 Å². The third kappa shape index (κ3) is 3.91. The number of hydrogen-bond donors (Lipinski definition) is 2. The quantitative estimate of drug-likeness (QED) is 0.902. The molecule has 0 radical (unpaired) electrons. The van der Waals surface area contributed by atoms with Crippen LogP contribution >= 0.6 is 0 Å².